The standard InChI is InChI=1S/C11H21N3O4S/c1-4-14(7-9(15)12-2)11(18)13-8(10(16)17)5-6-19-3/h8H,4-7H2,1-3H3,(H,12,15)(H,13,18)(H,16,17). The van der Waals surface area contributed by atoms with Crippen molar-refractivity contribution < 1.29 is 19.5 Å². The number of rotatable bonds is 8. The molecule has 0 spiro atoms. The number of carbonyl (C=O) groups is 3. The molecule has 0 saturated carbocycles. The molecular weight excluding hydrogens is 270 g/mol. The van der Waals surface area contributed by atoms with Crippen LogP contribution < -0.4 is 10.6 Å². The molecule has 0 rings (SSSR count). The van der Waals surface area contributed by atoms with Crippen molar-refractivity contribution >= 4 is 29.7 Å². The van der Waals surface area contributed by atoms with Crippen molar-refractivity contribution in [3.05, 3.63) is 0 Å². The van der Waals surface area contributed by atoms with Crippen LogP contribution in [0.25, 0.3) is 0 Å². The molecule has 0 aliphatic carbocycles. The largest absolute Gasteiger partial charge is 0.480 e. The summed E-state index contributed by atoms with van der Waals surface area (Å²) < 4.78 is 0. The minimum Gasteiger partial charge on any atom is -0.480 e. The molecule has 0 aliphatic heterocycles. The Hall–Kier alpha value is -1.44. The molecule has 0 aromatic carbocycles. The molecule has 1 atom stereocenters. The van der Waals surface area contributed by atoms with Crippen molar-refractivity contribution in [2.24, 2.45) is 0 Å². The van der Waals surface area contributed by atoms with Gasteiger partial charge in [0.2, 0.25) is 5.91 Å². The zero-order valence-electron chi connectivity index (χ0n) is 11.4. The van der Waals surface area contributed by atoms with Gasteiger partial charge in [-0.25, -0.2) is 9.59 Å². The maximum atomic E-state index is 11.9. The van der Waals surface area contributed by atoms with E-state index in [0.717, 1.165) is 0 Å². The number of thioether (sulfide) groups is 1. The second-order valence-corrected chi connectivity index (χ2v) is 4.79. The smallest absolute Gasteiger partial charge is 0.326 e. The molecule has 0 fully saturated rings. The molecular formula is C11H21N3O4S. The van der Waals surface area contributed by atoms with Crippen molar-refractivity contribution in [2.45, 2.75) is 19.4 Å². The fourth-order valence-corrected chi connectivity index (χ4v) is 1.78. The predicted molar refractivity (Wildman–Crippen MR) is 74.3 cm³/mol. The van der Waals surface area contributed by atoms with Crippen LogP contribution in [0.4, 0.5) is 4.79 Å². The zero-order valence-corrected chi connectivity index (χ0v) is 12.2. The van der Waals surface area contributed by atoms with Gasteiger partial charge >= 0.3 is 12.0 Å². The lowest BCUT2D eigenvalue weighted by atomic mass is 10.2. The van der Waals surface area contributed by atoms with Crippen molar-refractivity contribution in [1.29, 1.82) is 0 Å². The van der Waals surface area contributed by atoms with Gasteiger partial charge in [0.15, 0.2) is 0 Å². The number of aliphatic carboxylic acids is 1. The molecule has 8 heteroatoms. The van der Waals surface area contributed by atoms with E-state index in [1.165, 1.54) is 23.7 Å². The average Bonchev–Trinajstić information content (AvgIpc) is 2.39. The molecule has 0 radical (unpaired) electrons. The molecule has 0 aliphatic rings. The summed E-state index contributed by atoms with van der Waals surface area (Å²) in [5, 5.41) is 13.9. The van der Waals surface area contributed by atoms with Gasteiger partial charge in [-0.1, -0.05) is 0 Å². The third-order valence-corrected chi connectivity index (χ3v) is 3.13. The average molecular weight is 291 g/mol. The van der Waals surface area contributed by atoms with Crippen molar-refractivity contribution in [2.75, 3.05) is 32.1 Å². The lowest BCUT2D eigenvalue weighted by Gasteiger charge is -2.23. The van der Waals surface area contributed by atoms with E-state index in [1.54, 1.807) is 6.92 Å². The Morgan fingerprint density at radius 3 is 2.42 bits per heavy atom. The van der Waals surface area contributed by atoms with Gasteiger partial charge < -0.3 is 20.6 Å². The Bertz CT molecular complexity index is 325. The molecule has 3 amide bonds. The van der Waals surface area contributed by atoms with Crippen LogP contribution in [-0.4, -0.2) is 66.1 Å². The summed E-state index contributed by atoms with van der Waals surface area (Å²) in [6, 6.07) is -1.47. The fraction of sp³-hybridized carbons (Fsp3) is 0.727. The summed E-state index contributed by atoms with van der Waals surface area (Å²) in [5.41, 5.74) is 0. The molecule has 0 bridgehead atoms. The third kappa shape index (κ3) is 6.90. The monoisotopic (exact) mass is 291 g/mol. The second kappa shape index (κ2) is 9.48. The fourth-order valence-electron chi connectivity index (χ4n) is 1.31. The number of carboxylic acid groups (broad SMARTS) is 1. The SMILES string of the molecule is CCN(CC(=O)NC)C(=O)NC(CCSC)C(=O)O. The summed E-state index contributed by atoms with van der Waals surface area (Å²) in [7, 11) is 1.48. The number of nitrogens with zero attached hydrogens (tertiary/aromatic N) is 1. The summed E-state index contributed by atoms with van der Waals surface area (Å²) in [5.74, 6) is -0.731. The molecule has 7 nitrogen and oxygen atoms in total. The van der Waals surface area contributed by atoms with E-state index in [-0.39, 0.29) is 12.5 Å². The van der Waals surface area contributed by atoms with E-state index < -0.39 is 18.0 Å². The number of hydrogen-bond acceptors (Lipinski definition) is 4. The first-order chi connectivity index (χ1) is 8.96. The first-order valence-electron chi connectivity index (χ1n) is 5.94. The maximum absolute atomic E-state index is 11.9. The highest BCUT2D eigenvalue weighted by atomic mass is 32.2. The second-order valence-electron chi connectivity index (χ2n) is 3.81. The van der Waals surface area contributed by atoms with Gasteiger partial charge in [0.1, 0.15) is 12.6 Å². The van der Waals surface area contributed by atoms with Gasteiger partial charge in [0, 0.05) is 13.6 Å². The Balaban J connectivity index is 4.50. The van der Waals surface area contributed by atoms with Gasteiger partial charge in [-0.05, 0) is 25.4 Å². The van der Waals surface area contributed by atoms with Crippen LogP contribution in [0.3, 0.4) is 0 Å². The minimum atomic E-state index is -1.07. The van der Waals surface area contributed by atoms with E-state index in [4.69, 9.17) is 5.11 Å². The van der Waals surface area contributed by atoms with E-state index in [2.05, 4.69) is 10.6 Å². The van der Waals surface area contributed by atoms with E-state index in [9.17, 15) is 14.4 Å². The summed E-state index contributed by atoms with van der Waals surface area (Å²) in [4.78, 5) is 35.4. The molecule has 110 valence electrons. The van der Waals surface area contributed by atoms with E-state index in [1.807, 2.05) is 6.26 Å². The quantitative estimate of drug-likeness (QED) is 0.583. The van der Waals surface area contributed by atoms with Gasteiger partial charge in [0.05, 0.1) is 0 Å². The Labute approximate surface area is 117 Å². The Morgan fingerprint density at radius 2 is 2.00 bits per heavy atom. The molecule has 1 unspecified atom stereocenters. The van der Waals surface area contributed by atoms with Crippen molar-refractivity contribution in [3.8, 4) is 0 Å². The van der Waals surface area contributed by atoms with Gasteiger partial charge in [0.25, 0.3) is 0 Å². The molecule has 3 N–H and O–H groups in total. The van der Waals surface area contributed by atoms with Crippen molar-refractivity contribution in [1.82, 2.24) is 15.5 Å². The number of urea groups is 1. The van der Waals surface area contributed by atoms with Crippen LogP contribution in [0, 0.1) is 0 Å². The lowest BCUT2D eigenvalue weighted by molar-refractivity contribution is -0.139. The molecule has 0 aromatic rings. The summed E-state index contributed by atoms with van der Waals surface area (Å²) in [6.45, 7) is 1.96. The number of amides is 3. The predicted octanol–water partition coefficient (Wildman–Crippen LogP) is -0.0298. The topological polar surface area (TPSA) is 98.7 Å². The number of likely N-dealkylation sites (N-methyl/N-ethyl adjacent to an activating group) is 2. The van der Waals surface area contributed by atoms with Gasteiger partial charge in [-0.2, -0.15) is 11.8 Å². The number of nitrogens with one attached hydrogen (secondary N) is 2. The van der Waals surface area contributed by atoms with Crippen molar-refractivity contribution in [3.63, 3.8) is 0 Å². The van der Waals surface area contributed by atoms with Gasteiger partial charge in [-0.3, -0.25) is 4.79 Å². The summed E-state index contributed by atoms with van der Waals surface area (Å²) >= 11 is 1.51. The normalized spacial score (nSPS) is 11.5. The Morgan fingerprint density at radius 1 is 1.37 bits per heavy atom. The van der Waals surface area contributed by atoms with E-state index >= 15 is 0 Å². The number of carboxylic acids is 1. The minimum absolute atomic E-state index is 0.0896. The number of carbonyl (C=O) groups excluding carboxylic acids is 2. The van der Waals surface area contributed by atoms with Crippen LogP contribution in [0.15, 0.2) is 0 Å². The van der Waals surface area contributed by atoms with Crippen LogP contribution in [0.5, 0.6) is 0 Å². The van der Waals surface area contributed by atoms with Crippen LogP contribution >= 0.6 is 11.8 Å². The summed E-state index contributed by atoms with van der Waals surface area (Å²) in [6.07, 6.45) is 2.21. The highest BCUT2D eigenvalue weighted by Crippen LogP contribution is 2.02. The number of hydrogen-bond donors (Lipinski definition) is 3. The lowest BCUT2D eigenvalue weighted by Crippen LogP contribution is -2.50. The molecule has 0 heterocycles. The third-order valence-electron chi connectivity index (χ3n) is 2.49. The van der Waals surface area contributed by atoms with Crippen LogP contribution in [0.2, 0.25) is 0 Å². The zero-order chi connectivity index (χ0) is 14.8. The highest BCUT2D eigenvalue weighted by molar-refractivity contribution is 7.98. The van der Waals surface area contributed by atoms with Crippen LogP contribution in [-0.2, 0) is 9.59 Å². The highest BCUT2D eigenvalue weighted by Gasteiger charge is 2.23. The van der Waals surface area contributed by atoms with Gasteiger partial charge in [-0.15, -0.1) is 0 Å². The van der Waals surface area contributed by atoms with Crippen LogP contribution in [0.1, 0.15) is 13.3 Å². The maximum Gasteiger partial charge on any atom is 0.326 e. The molecule has 0 aromatic heterocycles. The Kier molecular flexibility index (Phi) is 8.77. The first-order valence-corrected chi connectivity index (χ1v) is 7.33. The first kappa shape index (κ1) is 17.6. The molecule has 19 heavy (non-hydrogen) atoms. The van der Waals surface area contributed by atoms with E-state index in [0.29, 0.717) is 18.7 Å². The molecule has 0 saturated heterocycles.